The second-order valence-corrected chi connectivity index (χ2v) is 6.86. The van der Waals surface area contributed by atoms with Gasteiger partial charge in [0.15, 0.2) is 0 Å². The first-order valence-corrected chi connectivity index (χ1v) is 8.78. The number of fused-ring (bicyclic) bond motifs is 1. The molecule has 2 aliphatic heterocycles. The normalized spacial score (nSPS) is 21.2. The van der Waals surface area contributed by atoms with Crippen LogP contribution in [0, 0.1) is 5.95 Å². The van der Waals surface area contributed by atoms with Crippen LogP contribution >= 0.6 is 11.6 Å². The summed E-state index contributed by atoms with van der Waals surface area (Å²) in [5.74, 6) is -0.602. The minimum absolute atomic E-state index is 0.00658. The van der Waals surface area contributed by atoms with Crippen LogP contribution < -0.4 is 10.6 Å². The van der Waals surface area contributed by atoms with Crippen LogP contribution in [0.25, 0.3) is 11.1 Å². The van der Waals surface area contributed by atoms with Crippen molar-refractivity contribution in [3.8, 4) is 11.1 Å². The Morgan fingerprint density at radius 1 is 1.20 bits per heavy atom. The quantitative estimate of drug-likeness (QED) is 0.832. The van der Waals surface area contributed by atoms with Gasteiger partial charge in [-0.3, -0.25) is 4.90 Å². The van der Waals surface area contributed by atoms with Crippen molar-refractivity contribution >= 4 is 23.1 Å². The fraction of sp³-hybridized carbons (Fsp3) is 0.389. The molecule has 2 fully saturated rings. The Hall–Kier alpha value is -1.89. The van der Waals surface area contributed by atoms with Gasteiger partial charge in [0.05, 0.1) is 24.3 Å². The lowest BCUT2D eigenvalue weighted by atomic mass is 10.1. The Labute approximate surface area is 151 Å². The molecule has 0 aliphatic carbocycles. The molecule has 1 unspecified atom stereocenters. The van der Waals surface area contributed by atoms with Gasteiger partial charge in [0.1, 0.15) is 5.82 Å². The zero-order chi connectivity index (χ0) is 17.4. The van der Waals surface area contributed by atoms with E-state index in [9.17, 15) is 4.39 Å². The van der Waals surface area contributed by atoms with Crippen molar-refractivity contribution in [1.82, 2.24) is 9.88 Å². The highest BCUT2D eigenvalue weighted by molar-refractivity contribution is 6.33. The number of pyridine rings is 1. The molecular weight excluding hydrogens is 343 g/mol. The summed E-state index contributed by atoms with van der Waals surface area (Å²) in [5.41, 5.74) is 7.76. The van der Waals surface area contributed by atoms with Crippen LogP contribution in [-0.4, -0.2) is 55.3 Å². The number of nitrogens with zero attached hydrogens (tertiary/aromatic N) is 3. The SMILES string of the molecule is Nc1nc(F)c(-c2ccc(N3CCN4CCOCC4C3)cc2)cc1Cl. The number of rotatable bonds is 2. The molecule has 0 spiro atoms. The standard InChI is InChI=1S/C18H20ClFN4O/c19-16-9-15(17(20)22-18(16)21)12-1-3-13(4-2-12)24-6-5-23-7-8-25-11-14(23)10-24/h1-4,9,14H,5-8,10-11H2,(H2,21,22). The van der Waals surface area contributed by atoms with Gasteiger partial charge in [-0.15, -0.1) is 0 Å². The smallest absolute Gasteiger partial charge is 0.222 e. The molecule has 0 amide bonds. The number of hydrogen-bond acceptors (Lipinski definition) is 5. The molecule has 5 nitrogen and oxygen atoms in total. The molecule has 1 atom stereocenters. The van der Waals surface area contributed by atoms with Crippen LogP contribution in [0.15, 0.2) is 30.3 Å². The molecule has 25 heavy (non-hydrogen) atoms. The second kappa shape index (κ2) is 6.78. The number of hydrogen-bond donors (Lipinski definition) is 1. The lowest BCUT2D eigenvalue weighted by molar-refractivity contribution is -0.0116. The fourth-order valence-electron chi connectivity index (χ4n) is 3.51. The molecule has 2 aliphatic rings. The number of nitrogens with two attached hydrogens (primary N) is 1. The van der Waals surface area contributed by atoms with Crippen molar-refractivity contribution in [2.24, 2.45) is 0 Å². The summed E-state index contributed by atoms with van der Waals surface area (Å²) in [5, 5.41) is 0.258. The monoisotopic (exact) mass is 362 g/mol. The molecular formula is C18H20ClFN4O. The van der Waals surface area contributed by atoms with Crippen LogP contribution in [0.2, 0.25) is 5.02 Å². The largest absolute Gasteiger partial charge is 0.382 e. The summed E-state index contributed by atoms with van der Waals surface area (Å²) in [6.45, 7) is 5.61. The zero-order valence-corrected chi connectivity index (χ0v) is 14.5. The number of aromatic nitrogens is 1. The van der Waals surface area contributed by atoms with Gasteiger partial charge in [-0.05, 0) is 23.8 Å². The topological polar surface area (TPSA) is 54.6 Å². The summed E-state index contributed by atoms with van der Waals surface area (Å²) in [4.78, 5) is 8.50. The molecule has 0 saturated carbocycles. The maximum Gasteiger partial charge on any atom is 0.222 e. The van der Waals surface area contributed by atoms with Crippen LogP contribution in [-0.2, 0) is 4.74 Å². The average Bonchev–Trinajstić information content (AvgIpc) is 2.64. The van der Waals surface area contributed by atoms with Crippen LogP contribution in [0.4, 0.5) is 15.9 Å². The molecule has 2 N–H and O–H groups in total. The van der Waals surface area contributed by atoms with E-state index in [1.165, 1.54) is 6.07 Å². The summed E-state index contributed by atoms with van der Waals surface area (Å²) in [6.07, 6.45) is 0. The summed E-state index contributed by atoms with van der Waals surface area (Å²) >= 11 is 5.97. The van der Waals surface area contributed by atoms with Crippen molar-refractivity contribution in [2.75, 3.05) is 50.0 Å². The summed E-state index contributed by atoms with van der Waals surface area (Å²) < 4.78 is 19.7. The van der Waals surface area contributed by atoms with E-state index >= 15 is 0 Å². The Balaban J connectivity index is 1.53. The molecule has 7 heteroatoms. The molecule has 1 aromatic carbocycles. The van der Waals surface area contributed by atoms with E-state index in [-0.39, 0.29) is 10.8 Å². The Morgan fingerprint density at radius 3 is 2.80 bits per heavy atom. The minimum atomic E-state index is -0.609. The van der Waals surface area contributed by atoms with Crippen molar-refractivity contribution < 1.29 is 9.13 Å². The van der Waals surface area contributed by atoms with Crippen molar-refractivity contribution in [1.29, 1.82) is 0 Å². The van der Waals surface area contributed by atoms with Crippen LogP contribution in [0.3, 0.4) is 0 Å². The molecule has 1 aromatic heterocycles. The molecule has 4 rings (SSSR count). The van der Waals surface area contributed by atoms with Gasteiger partial charge in [-0.25, -0.2) is 4.98 Å². The highest BCUT2D eigenvalue weighted by Crippen LogP contribution is 2.30. The van der Waals surface area contributed by atoms with Gasteiger partial charge in [-0.1, -0.05) is 23.7 Å². The second-order valence-electron chi connectivity index (χ2n) is 6.45. The Bertz CT molecular complexity index is 770. The van der Waals surface area contributed by atoms with Gasteiger partial charge in [0.2, 0.25) is 5.95 Å². The van der Waals surface area contributed by atoms with Crippen molar-refractivity contribution in [3.63, 3.8) is 0 Å². The van der Waals surface area contributed by atoms with E-state index in [0.717, 1.165) is 50.6 Å². The number of benzene rings is 1. The summed E-state index contributed by atoms with van der Waals surface area (Å²) in [6, 6.07) is 9.78. The molecule has 3 heterocycles. The van der Waals surface area contributed by atoms with E-state index in [1.807, 2.05) is 24.3 Å². The van der Waals surface area contributed by atoms with Crippen molar-refractivity contribution in [3.05, 3.63) is 41.3 Å². The number of piperazine rings is 1. The molecule has 2 aromatic rings. The molecule has 0 radical (unpaired) electrons. The minimum Gasteiger partial charge on any atom is -0.382 e. The lowest BCUT2D eigenvalue weighted by Crippen LogP contribution is -2.58. The van der Waals surface area contributed by atoms with E-state index in [1.54, 1.807) is 0 Å². The number of morpholine rings is 1. The average molecular weight is 363 g/mol. The molecule has 132 valence electrons. The van der Waals surface area contributed by atoms with E-state index in [4.69, 9.17) is 22.1 Å². The van der Waals surface area contributed by atoms with Gasteiger partial charge < -0.3 is 15.4 Å². The van der Waals surface area contributed by atoms with Crippen LogP contribution in [0.5, 0.6) is 0 Å². The number of halogens is 2. The third-order valence-corrected chi connectivity index (χ3v) is 5.24. The number of anilines is 2. The first kappa shape index (κ1) is 16.6. The van der Waals surface area contributed by atoms with Gasteiger partial charge in [0.25, 0.3) is 0 Å². The van der Waals surface area contributed by atoms with E-state index in [2.05, 4.69) is 14.8 Å². The predicted octanol–water partition coefficient (Wildman–Crippen LogP) is 2.64. The zero-order valence-electron chi connectivity index (χ0n) is 13.8. The Kier molecular flexibility index (Phi) is 4.50. The number of ether oxygens (including phenoxy) is 1. The van der Waals surface area contributed by atoms with E-state index in [0.29, 0.717) is 11.6 Å². The maximum absolute atomic E-state index is 14.1. The first-order valence-electron chi connectivity index (χ1n) is 8.40. The maximum atomic E-state index is 14.1. The molecule has 0 bridgehead atoms. The summed E-state index contributed by atoms with van der Waals surface area (Å²) in [7, 11) is 0. The highest BCUT2D eigenvalue weighted by Gasteiger charge is 2.29. The predicted molar refractivity (Wildman–Crippen MR) is 97.4 cm³/mol. The highest BCUT2D eigenvalue weighted by atomic mass is 35.5. The van der Waals surface area contributed by atoms with Gasteiger partial charge in [-0.2, -0.15) is 4.39 Å². The third-order valence-electron chi connectivity index (χ3n) is 4.94. The number of nitrogen functional groups attached to an aromatic ring is 1. The first-order chi connectivity index (χ1) is 12.1. The fourth-order valence-corrected chi connectivity index (χ4v) is 3.67. The van der Waals surface area contributed by atoms with Gasteiger partial charge in [0, 0.05) is 37.4 Å². The lowest BCUT2D eigenvalue weighted by Gasteiger charge is -2.44. The molecule has 2 saturated heterocycles. The third kappa shape index (κ3) is 3.29. The Morgan fingerprint density at radius 2 is 2.00 bits per heavy atom. The van der Waals surface area contributed by atoms with Crippen molar-refractivity contribution in [2.45, 2.75) is 6.04 Å². The van der Waals surface area contributed by atoms with Crippen LogP contribution in [0.1, 0.15) is 0 Å². The van der Waals surface area contributed by atoms with Gasteiger partial charge >= 0.3 is 0 Å². The van der Waals surface area contributed by atoms with E-state index < -0.39 is 5.95 Å².